The molecule has 0 aromatic carbocycles. The highest BCUT2D eigenvalue weighted by Gasteiger charge is 1.98. The molecule has 0 aromatic heterocycles. The maximum atomic E-state index is 10.3. The second-order valence-electron chi connectivity index (χ2n) is 1.71. The maximum Gasteiger partial charge on any atom is 0.205 e. The lowest BCUT2D eigenvalue weighted by molar-refractivity contribution is -0.112. The summed E-state index contributed by atoms with van der Waals surface area (Å²) in [6, 6.07) is 0. The number of unbranched alkanes of at least 4 members (excludes halogenated alkanes) is 1. The zero-order chi connectivity index (χ0) is 7.28. The van der Waals surface area contributed by atoms with E-state index in [9.17, 15) is 13.6 Å². The van der Waals surface area contributed by atoms with Gasteiger partial charge in [0.1, 0.15) is 0 Å². The molecule has 4 heteroatoms. The number of hydrogen-bond donors (Lipinski definition) is 0. The fourth-order valence-electron chi connectivity index (χ4n) is 0.404. The second-order valence-corrected chi connectivity index (χ2v) is 2.64. The second kappa shape index (κ2) is 4.64. The first-order chi connectivity index (χ1) is 4.18. The number of carbonyl (C=O) groups excluding carboxylic acids is 1. The highest BCUT2D eigenvalue weighted by Crippen LogP contribution is 1.96. The van der Waals surface area contributed by atoms with Gasteiger partial charge in [0.25, 0.3) is 0 Å². The van der Waals surface area contributed by atoms with E-state index in [4.69, 9.17) is 0 Å². The maximum absolute atomic E-state index is 10.3. The van der Waals surface area contributed by atoms with Crippen molar-refractivity contribution in [3.8, 4) is 0 Å². The molecule has 0 aromatic rings. The molecule has 0 rings (SSSR count). The third-order valence-electron chi connectivity index (χ3n) is 0.920. The third-order valence-corrected chi connectivity index (χ3v) is 1.50. The Balaban J connectivity index is 3.39. The van der Waals surface area contributed by atoms with Crippen LogP contribution in [0, 0.1) is 0 Å². The van der Waals surface area contributed by atoms with Crippen LogP contribution in [0.2, 0.25) is 0 Å². The van der Waals surface area contributed by atoms with Crippen LogP contribution in [0.15, 0.2) is 0 Å². The molecular weight excluding hydrogens is 140 g/mol. The minimum absolute atomic E-state index is 0.159. The summed E-state index contributed by atoms with van der Waals surface area (Å²) < 4.78 is 19.7. The van der Waals surface area contributed by atoms with Crippen LogP contribution in [-0.4, -0.2) is 13.9 Å². The van der Waals surface area contributed by atoms with Crippen LogP contribution in [0.5, 0.6) is 0 Å². The summed E-state index contributed by atoms with van der Waals surface area (Å²) >= 11 is -2.50. The van der Waals surface area contributed by atoms with Crippen molar-refractivity contribution in [1.29, 1.82) is 0 Å². The van der Waals surface area contributed by atoms with Gasteiger partial charge in [-0.25, -0.2) is 0 Å². The van der Waals surface area contributed by atoms with E-state index in [0.29, 0.717) is 6.42 Å². The Morgan fingerprint density at radius 2 is 2.22 bits per heavy atom. The molecule has 9 heavy (non-hydrogen) atoms. The number of rotatable bonds is 3. The molecular formula is C5H9O3S-. The van der Waals surface area contributed by atoms with Crippen molar-refractivity contribution in [2.24, 2.45) is 0 Å². The summed E-state index contributed by atoms with van der Waals surface area (Å²) in [6.07, 6.45) is 1.67. The summed E-state index contributed by atoms with van der Waals surface area (Å²) in [5, 5.41) is -0.683. The lowest BCUT2D eigenvalue weighted by atomic mass is 10.3. The molecule has 0 saturated carbocycles. The van der Waals surface area contributed by atoms with Gasteiger partial charge in [0, 0.05) is 17.5 Å². The predicted octanol–water partition coefficient (Wildman–Crippen LogP) is 0.582. The van der Waals surface area contributed by atoms with Gasteiger partial charge in [-0.15, -0.1) is 0 Å². The summed E-state index contributed by atoms with van der Waals surface area (Å²) in [4.78, 5) is 10.3. The van der Waals surface area contributed by atoms with Crippen molar-refractivity contribution in [3.63, 3.8) is 0 Å². The van der Waals surface area contributed by atoms with Crippen molar-refractivity contribution in [1.82, 2.24) is 0 Å². The molecule has 0 amide bonds. The zero-order valence-corrected chi connectivity index (χ0v) is 6.07. The first kappa shape index (κ1) is 8.78. The Morgan fingerprint density at radius 3 is 2.56 bits per heavy atom. The molecule has 0 spiro atoms. The summed E-state index contributed by atoms with van der Waals surface area (Å²) in [5.74, 6) is 0. The fraction of sp³-hybridized carbons (Fsp3) is 0.800. The van der Waals surface area contributed by atoms with Crippen LogP contribution in [0.25, 0.3) is 0 Å². The molecule has 0 heterocycles. The fourth-order valence-corrected chi connectivity index (χ4v) is 0.715. The Kier molecular flexibility index (Phi) is 4.53. The topological polar surface area (TPSA) is 57.2 Å². The van der Waals surface area contributed by atoms with E-state index < -0.39 is 16.2 Å². The number of hydrogen-bond acceptors (Lipinski definition) is 3. The Bertz CT molecular complexity index is 121. The van der Waals surface area contributed by atoms with Gasteiger partial charge in [0.05, 0.1) is 0 Å². The molecule has 0 aliphatic carbocycles. The smallest absolute Gasteiger partial charge is 0.205 e. The van der Waals surface area contributed by atoms with Crippen LogP contribution < -0.4 is 0 Å². The zero-order valence-electron chi connectivity index (χ0n) is 5.25. The standard InChI is InChI=1S/C5H10O3S/c1-2-3-4-5(6)9(7)8/h2-4H2,1H3,(H,7,8)/p-1. The van der Waals surface area contributed by atoms with Gasteiger partial charge >= 0.3 is 0 Å². The van der Waals surface area contributed by atoms with E-state index in [2.05, 4.69) is 0 Å². The van der Waals surface area contributed by atoms with Gasteiger partial charge in [0.15, 0.2) is 0 Å². The molecule has 0 bridgehead atoms. The van der Waals surface area contributed by atoms with E-state index in [0.717, 1.165) is 6.42 Å². The monoisotopic (exact) mass is 149 g/mol. The third kappa shape index (κ3) is 4.29. The van der Waals surface area contributed by atoms with Crippen LogP contribution in [0.1, 0.15) is 26.2 Å². The van der Waals surface area contributed by atoms with Gasteiger partial charge in [0.2, 0.25) is 5.12 Å². The van der Waals surface area contributed by atoms with E-state index in [1.165, 1.54) is 0 Å². The van der Waals surface area contributed by atoms with E-state index in [-0.39, 0.29) is 6.42 Å². The molecule has 0 aliphatic heterocycles. The van der Waals surface area contributed by atoms with Crippen molar-refractivity contribution in [3.05, 3.63) is 0 Å². The van der Waals surface area contributed by atoms with Crippen LogP contribution in [0.3, 0.4) is 0 Å². The van der Waals surface area contributed by atoms with E-state index >= 15 is 0 Å². The molecule has 0 saturated heterocycles. The average Bonchev–Trinajstić information content (AvgIpc) is 1.82. The Morgan fingerprint density at radius 1 is 1.67 bits per heavy atom. The van der Waals surface area contributed by atoms with Gasteiger partial charge < -0.3 is 4.55 Å². The Hall–Kier alpha value is -0.220. The Labute approximate surface area is 56.7 Å². The highest BCUT2D eigenvalue weighted by atomic mass is 32.2. The predicted molar refractivity (Wildman–Crippen MR) is 33.5 cm³/mol. The normalized spacial score (nSPS) is 13.1. The summed E-state index contributed by atoms with van der Waals surface area (Å²) in [6.45, 7) is 1.90. The lowest BCUT2D eigenvalue weighted by Crippen LogP contribution is -2.04. The van der Waals surface area contributed by atoms with Crippen LogP contribution in [-0.2, 0) is 15.9 Å². The molecule has 0 aliphatic rings. The van der Waals surface area contributed by atoms with Gasteiger partial charge in [-0.05, 0) is 6.42 Å². The van der Waals surface area contributed by atoms with Gasteiger partial charge in [-0.2, -0.15) is 0 Å². The van der Waals surface area contributed by atoms with Crippen molar-refractivity contribution < 1.29 is 13.6 Å². The molecule has 0 radical (unpaired) electrons. The molecule has 0 N–H and O–H groups in total. The minimum atomic E-state index is -2.50. The molecule has 1 atom stereocenters. The molecule has 3 nitrogen and oxygen atoms in total. The van der Waals surface area contributed by atoms with E-state index in [1.807, 2.05) is 6.92 Å². The number of carbonyl (C=O) groups is 1. The molecule has 1 unspecified atom stereocenters. The van der Waals surface area contributed by atoms with Crippen molar-refractivity contribution in [2.45, 2.75) is 26.2 Å². The average molecular weight is 149 g/mol. The highest BCUT2D eigenvalue weighted by molar-refractivity contribution is 7.95. The minimum Gasteiger partial charge on any atom is -0.766 e. The van der Waals surface area contributed by atoms with Crippen LogP contribution >= 0.6 is 0 Å². The van der Waals surface area contributed by atoms with Crippen LogP contribution in [0.4, 0.5) is 0 Å². The first-order valence-corrected chi connectivity index (χ1v) is 3.88. The first-order valence-electron chi connectivity index (χ1n) is 2.80. The van der Waals surface area contributed by atoms with Gasteiger partial charge in [-0.3, -0.25) is 9.00 Å². The molecule has 0 fully saturated rings. The summed E-state index contributed by atoms with van der Waals surface area (Å²) in [7, 11) is 0. The van der Waals surface area contributed by atoms with Gasteiger partial charge in [-0.1, -0.05) is 13.3 Å². The molecule has 54 valence electrons. The van der Waals surface area contributed by atoms with E-state index in [1.54, 1.807) is 0 Å². The quantitative estimate of drug-likeness (QED) is 0.551. The lowest BCUT2D eigenvalue weighted by Gasteiger charge is -2.00. The van der Waals surface area contributed by atoms with Crippen molar-refractivity contribution >= 4 is 16.2 Å². The van der Waals surface area contributed by atoms with Crippen molar-refractivity contribution in [2.75, 3.05) is 0 Å². The largest absolute Gasteiger partial charge is 0.766 e. The SMILES string of the molecule is CCCCC(=O)S(=O)[O-]. The summed E-state index contributed by atoms with van der Waals surface area (Å²) in [5.41, 5.74) is 0.